The summed E-state index contributed by atoms with van der Waals surface area (Å²) >= 11 is 0. The van der Waals surface area contributed by atoms with E-state index in [9.17, 15) is 5.11 Å². The minimum Gasteiger partial charge on any atom is -0.395 e. The van der Waals surface area contributed by atoms with Crippen molar-refractivity contribution in [1.82, 2.24) is 10.2 Å². The topological polar surface area (TPSA) is 55.7 Å². The van der Waals surface area contributed by atoms with Gasteiger partial charge in [0.1, 0.15) is 0 Å². The molecule has 2 fully saturated rings. The summed E-state index contributed by atoms with van der Waals surface area (Å²) < 4.78 is 0. The third-order valence-electron chi connectivity index (χ3n) is 4.44. The average Bonchev–Trinajstić information content (AvgIpc) is 3.20. The molecule has 0 aromatic rings. The van der Waals surface area contributed by atoms with Crippen molar-refractivity contribution < 1.29 is 10.2 Å². The predicted octanol–water partition coefficient (Wildman–Crippen LogP) is 0.830. The molecule has 3 N–H and O–H groups in total. The maximum Gasteiger partial charge on any atom is 0.0571 e. The number of aliphatic hydroxyl groups is 2. The summed E-state index contributed by atoms with van der Waals surface area (Å²) in [5.41, 5.74) is 0. The van der Waals surface area contributed by atoms with E-state index in [-0.39, 0.29) is 12.7 Å². The normalized spacial score (nSPS) is 30.5. The van der Waals surface area contributed by atoms with Gasteiger partial charge in [-0.15, -0.1) is 0 Å². The summed E-state index contributed by atoms with van der Waals surface area (Å²) in [6.07, 6.45) is 5.65. The van der Waals surface area contributed by atoms with Crippen LogP contribution in [-0.4, -0.2) is 60.0 Å². The van der Waals surface area contributed by atoms with Crippen molar-refractivity contribution in [2.45, 2.75) is 51.2 Å². The minimum atomic E-state index is -0.0786. The van der Waals surface area contributed by atoms with Gasteiger partial charge in [-0.3, -0.25) is 0 Å². The van der Waals surface area contributed by atoms with Crippen molar-refractivity contribution in [2.24, 2.45) is 11.8 Å². The first kappa shape index (κ1) is 15.2. The molecule has 4 heteroatoms. The minimum absolute atomic E-state index is 0.0786. The Balaban J connectivity index is 1.81. The molecule has 19 heavy (non-hydrogen) atoms. The lowest BCUT2D eigenvalue weighted by molar-refractivity contribution is 0.0739. The molecule has 1 saturated heterocycles. The fourth-order valence-electron chi connectivity index (χ4n) is 3.40. The van der Waals surface area contributed by atoms with Crippen LogP contribution in [0.25, 0.3) is 0 Å². The van der Waals surface area contributed by atoms with Crippen molar-refractivity contribution in [1.29, 1.82) is 0 Å². The van der Waals surface area contributed by atoms with E-state index in [0.717, 1.165) is 32.5 Å². The van der Waals surface area contributed by atoms with Gasteiger partial charge in [0.05, 0.1) is 12.7 Å². The molecule has 1 aliphatic carbocycles. The molecule has 1 heterocycles. The Morgan fingerprint density at radius 1 is 1.32 bits per heavy atom. The van der Waals surface area contributed by atoms with Crippen LogP contribution in [0, 0.1) is 11.8 Å². The molecule has 4 nitrogen and oxygen atoms in total. The standard InChI is InChI=1S/C15H30N2O2/c1-2-6-17-10-12(9-15(19)13-3-4-13)8-14(11-17)16-5-7-18/h12-16,18-19H,2-11H2,1H3. The van der Waals surface area contributed by atoms with E-state index >= 15 is 0 Å². The van der Waals surface area contributed by atoms with Crippen molar-refractivity contribution >= 4 is 0 Å². The Morgan fingerprint density at radius 3 is 2.74 bits per heavy atom. The van der Waals surface area contributed by atoms with Crippen LogP contribution in [-0.2, 0) is 0 Å². The number of nitrogens with zero attached hydrogens (tertiary/aromatic N) is 1. The molecule has 0 amide bonds. The zero-order valence-corrected chi connectivity index (χ0v) is 12.2. The second-order valence-electron chi connectivity index (χ2n) is 6.38. The zero-order chi connectivity index (χ0) is 13.7. The molecule has 0 bridgehead atoms. The van der Waals surface area contributed by atoms with Gasteiger partial charge in [0.25, 0.3) is 0 Å². The van der Waals surface area contributed by atoms with Gasteiger partial charge in [-0.2, -0.15) is 0 Å². The lowest BCUT2D eigenvalue weighted by Crippen LogP contribution is -2.50. The summed E-state index contributed by atoms with van der Waals surface area (Å²) in [6.45, 7) is 6.48. The van der Waals surface area contributed by atoms with Gasteiger partial charge in [-0.25, -0.2) is 0 Å². The molecule has 112 valence electrons. The van der Waals surface area contributed by atoms with Crippen LogP contribution in [0.4, 0.5) is 0 Å². The molecule has 0 radical (unpaired) electrons. The van der Waals surface area contributed by atoms with E-state index in [1.54, 1.807) is 0 Å². The van der Waals surface area contributed by atoms with Crippen LogP contribution in [0.5, 0.6) is 0 Å². The molecule has 2 aliphatic rings. The van der Waals surface area contributed by atoms with E-state index in [1.165, 1.54) is 19.3 Å². The molecule has 1 aliphatic heterocycles. The fourth-order valence-corrected chi connectivity index (χ4v) is 3.40. The van der Waals surface area contributed by atoms with Crippen LogP contribution in [0.15, 0.2) is 0 Å². The number of aliphatic hydroxyl groups excluding tert-OH is 2. The van der Waals surface area contributed by atoms with Crippen LogP contribution in [0.1, 0.15) is 39.0 Å². The summed E-state index contributed by atoms with van der Waals surface area (Å²) in [6, 6.07) is 0.476. The Kier molecular flexibility index (Phi) is 6.07. The van der Waals surface area contributed by atoms with Gasteiger partial charge in [0.2, 0.25) is 0 Å². The van der Waals surface area contributed by atoms with Crippen molar-refractivity contribution in [3.63, 3.8) is 0 Å². The molecule has 0 aromatic carbocycles. The average molecular weight is 270 g/mol. The quantitative estimate of drug-likeness (QED) is 0.611. The van der Waals surface area contributed by atoms with Crippen molar-refractivity contribution in [2.75, 3.05) is 32.8 Å². The largest absolute Gasteiger partial charge is 0.395 e. The Bertz CT molecular complexity index is 259. The highest BCUT2D eigenvalue weighted by Crippen LogP contribution is 2.36. The summed E-state index contributed by atoms with van der Waals surface area (Å²) in [5.74, 6) is 1.19. The fraction of sp³-hybridized carbons (Fsp3) is 1.00. The highest BCUT2D eigenvalue weighted by Gasteiger charge is 2.34. The molecular weight excluding hydrogens is 240 g/mol. The van der Waals surface area contributed by atoms with E-state index in [0.29, 0.717) is 24.4 Å². The molecule has 0 spiro atoms. The molecule has 3 atom stereocenters. The number of nitrogens with one attached hydrogen (secondary N) is 1. The van der Waals surface area contributed by atoms with Crippen LogP contribution in [0.3, 0.4) is 0 Å². The van der Waals surface area contributed by atoms with Crippen molar-refractivity contribution in [3.05, 3.63) is 0 Å². The maximum absolute atomic E-state index is 10.1. The molecule has 1 saturated carbocycles. The predicted molar refractivity (Wildman–Crippen MR) is 77.1 cm³/mol. The molecule has 0 aromatic heterocycles. The molecule has 2 rings (SSSR count). The Morgan fingerprint density at radius 2 is 2.11 bits per heavy atom. The van der Waals surface area contributed by atoms with Gasteiger partial charge >= 0.3 is 0 Å². The highest BCUT2D eigenvalue weighted by atomic mass is 16.3. The van der Waals surface area contributed by atoms with Gasteiger partial charge in [0, 0.05) is 25.7 Å². The highest BCUT2D eigenvalue weighted by molar-refractivity contribution is 4.88. The number of rotatable bonds is 8. The number of piperidine rings is 1. The number of hydrogen-bond acceptors (Lipinski definition) is 4. The second kappa shape index (κ2) is 7.58. The first-order valence-corrected chi connectivity index (χ1v) is 7.97. The monoisotopic (exact) mass is 270 g/mol. The van der Waals surface area contributed by atoms with Gasteiger partial charge in [-0.05, 0) is 50.5 Å². The Labute approximate surface area is 117 Å². The smallest absolute Gasteiger partial charge is 0.0571 e. The van der Waals surface area contributed by atoms with Gasteiger partial charge < -0.3 is 20.4 Å². The first-order valence-electron chi connectivity index (χ1n) is 7.97. The number of hydrogen-bond donors (Lipinski definition) is 3. The van der Waals surface area contributed by atoms with E-state index in [4.69, 9.17) is 5.11 Å². The van der Waals surface area contributed by atoms with Gasteiger partial charge in [0.15, 0.2) is 0 Å². The van der Waals surface area contributed by atoms with E-state index in [2.05, 4.69) is 17.1 Å². The van der Waals surface area contributed by atoms with Crippen LogP contribution >= 0.6 is 0 Å². The maximum atomic E-state index is 10.1. The Hall–Kier alpha value is -0.160. The number of likely N-dealkylation sites (tertiary alicyclic amines) is 1. The summed E-state index contributed by atoms with van der Waals surface area (Å²) in [5, 5.41) is 22.5. The third-order valence-corrected chi connectivity index (χ3v) is 4.44. The first-order chi connectivity index (χ1) is 9.22. The van der Waals surface area contributed by atoms with Crippen molar-refractivity contribution in [3.8, 4) is 0 Å². The summed E-state index contributed by atoms with van der Waals surface area (Å²) in [7, 11) is 0. The SMILES string of the molecule is CCCN1CC(CC(O)C2CC2)CC(NCCO)C1. The lowest BCUT2D eigenvalue weighted by Gasteiger charge is -2.39. The molecule has 3 unspecified atom stereocenters. The van der Waals surface area contributed by atoms with Crippen LogP contribution in [0.2, 0.25) is 0 Å². The second-order valence-corrected chi connectivity index (χ2v) is 6.38. The lowest BCUT2D eigenvalue weighted by atomic mass is 9.88. The zero-order valence-electron chi connectivity index (χ0n) is 12.2. The summed E-state index contributed by atoms with van der Waals surface area (Å²) in [4.78, 5) is 2.52. The van der Waals surface area contributed by atoms with E-state index in [1.807, 2.05) is 0 Å². The van der Waals surface area contributed by atoms with Crippen LogP contribution < -0.4 is 5.32 Å². The van der Waals surface area contributed by atoms with Gasteiger partial charge in [-0.1, -0.05) is 6.92 Å². The molecular formula is C15H30N2O2. The third kappa shape index (κ3) is 5.03. The van der Waals surface area contributed by atoms with E-state index < -0.39 is 0 Å².